The second-order valence-electron chi connectivity index (χ2n) is 4.88. The Bertz CT molecular complexity index is 802. The molecule has 3 amide bonds. The van der Waals surface area contributed by atoms with E-state index in [9.17, 15) is 9.59 Å². The fourth-order valence-electron chi connectivity index (χ4n) is 2.25. The number of benzene rings is 2. The van der Waals surface area contributed by atoms with Crippen molar-refractivity contribution in [2.24, 2.45) is 0 Å². The molecule has 2 aromatic carbocycles. The molecule has 0 bridgehead atoms. The summed E-state index contributed by atoms with van der Waals surface area (Å²) < 4.78 is 0. The van der Waals surface area contributed by atoms with Crippen LogP contribution in [-0.2, 0) is 4.79 Å². The first kappa shape index (κ1) is 15.6. The zero-order chi connectivity index (χ0) is 16.4. The van der Waals surface area contributed by atoms with Crippen molar-refractivity contribution >= 4 is 47.1 Å². The molecule has 116 valence electrons. The third-order valence-corrected chi connectivity index (χ3v) is 4.35. The van der Waals surface area contributed by atoms with Gasteiger partial charge in [0.15, 0.2) is 0 Å². The predicted molar refractivity (Wildman–Crippen MR) is 93.7 cm³/mol. The van der Waals surface area contributed by atoms with Crippen LogP contribution in [0.4, 0.5) is 10.5 Å². The van der Waals surface area contributed by atoms with Crippen molar-refractivity contribution < 1.29 is 9.59 Å². The first-order valence-corrected chi connectivity index (χ1v) is 8.45. The summed E-state index contributed by atoms with van der Waals surface area (Å²) >= 11 is 7.57. The minimum Gasteiger partial charge on any atom is -0.302 e. The van der Waals surface area contributed by atoms with Gasteiger partial charge in [0.1, 0.15) is 5.70 Å². The molecule has 0 aliphatic carbocycles. The minimum atomic E-state index is -0.482. The number of carbonyl (C=O) groups excluding carboxylic acids is 2. The molecule has 2 aromatic rings. The molecule has 1 heterocycles. The molecule has 1 saturated heterocycles. The van der Waals surface area contributed by atoms with Crippen LogP contribution in [-0.4, -0.2) is 18.2 Å². The molecule has 0 aromatic heterocycles. The minimum absolute atomic E-state index is 0.242. The van der Waals surface area contributed by atoms with Crippen molar-refractivity contribution in [2.45, 2.75) is 4.90 Å². The summed E-state index contributed by atoms with van der Waals surface area (Å²) in [6.07, 6.45) is 3.66. The molecule has 3 rings (SSSR count). The van der Waals surface area contributed by atoms with Crippen molar-refractivity contribution in [3.8, 4) is 0 Å². The van der Waals surface area contributed by atoms with Crippen LogP contribution in [0.3, 0.4) is 0 Å². The van der Waals surface area contributed by atoms with Crippen molar-refractivity contribution in [1.82, 2.24) is 5.32 Å². The number of urea groups is 1. The third kappa shape index (κ3) is 3.25. The SMILES string of the molecule is CSc1ccc(C=C2NC(=O)N(c3cccc(Cl)c3)C2=O)cc1. The molecule has 23 heavy (non-hydrogen) atoms. The number of anilines is 1. The second kappa shape index (κ2) is 6.48. The van der Waals surface area contributed by atoms with Crippen LogP contribution in [0.25, 0.3) is 6.08 Å². The van der Waals surface area contributed by atoms with E-state index in [1.54, 1.807) is 42.1 Å². The van der Waals surface area contributed by atoms with E-state index in [1.165, 1.54) is 0 Å². The Kier molecular flexibility index (Phi) is 4.41. The monoisotopic (exact) mass is 344 g/mol. The zero-order valence-electron chi connectivity index (χ0n) is 12.2. The summed E-state index contributed by atoms with van der Waals surface area (Å²) in [6.45, 7) is 0. The van der Waals surface area contributed by atoms with Crippen LogP contribution in [0, 0.1) is 0 Å². The molecule has 0 spiro atoms. The van der Waals surface area contributed by atoms with Crippen LogP contribution in [0.15, 0.2) is 59.1 Å². The lowest BCUT2D eigenvalue weighted by molar-refractivity contribution is -0.113. The van der Waals surface area contributed by atoms with E-state index in [1.807, 2.05) is 30.5 Å². The van der Waals surface area contributed by atoms with E-state index in [4.69, 9.17) is 11.6 Å². The Morgan fingerprint density at radius 3 is 2.52 bits per heavy atom. The number of nitrogens with one attached hydrogen (secondary N) is 1. The van der Waals surface area contributed by atoms with E-state index in [0.29, 0.717) is 10.7 Å². The lowest BCUT2D eigenvalue weighted by Gasteiger charge is -2.11. The van der Waals surface area contributed by atoms with Crippen LogP contribution in [0.5, 0.6) is 0 Å². The fraction of sp³-hybridized carbons (Fsp3) is 0.0588. The molecule has 0 atom stereocenters. The summed E-state index contributed by atoms with van der Waals surface area (Å²) in [5, 5.41) is 3.06. The highest BCUT2D eigenvalue weighted by Gasteiger charge is 2.34. The Morgan fingerprint density at radius 2 is 1.87 bits per heavy atom. The van der Waals surface area contributed by atoms with Gasteiger partial charge in [0.25, 0.3) is 5.91 Å². The summed E-state index contributed by atoms with van der Waals surface area (Å²) in [5.41, 5.74) is 1.53. The molecule has 0 radical (unpaired) electrons. The number of hydrogen-bond acceptors (Lipinski definition) is 3. The highest BCUT2D eigenvalue weighted by atomic mass is 35.5. The molecular weight excluding hydrogens is 332 g/mol. The maximum Gasteiger partial charge on any atom is 0.333 e. The Hall–Kier alpha value is -2.24. The van der Waals surface area contributed by atoms with Crippen LogP contribution >= 0.6 is 23.4 Å². The van der Waals surface area contributed by atoms with Gasteiger partial charge in [-0.3, -0.25) is 4.79 Å². The number of rotatable bonds is 3. The highest BCUT2D eigenvalue weighted by Crippen LogP contribution is 2.25. The number of carbonyl (C=O) groups is 2. The molecule has 4 nitrogen and oxygen atoms in total. The molecule has 6 heteroatoms. The number of thioether (sulfide) groups is 1. The molecule has 0 unspecified atom stereocenters. The molecule has 1 aliphatic heterocycles. The lowest BCUT2D eigenvalue weighted by atomic mass is 10.2. The van der Waals surface area contributed by atoms with E-state index in [2.05, 4.69) is 5.32 Å². The first-order chi connectivity index (χ1) is 11.1. The van der Waals surface area contributed by atoms with E-state index in [-0.39, 0.29) is 5.70 Å². The lowest BCUT2D eigenvalue weighted by Crippen LogP contribution is -2.30. The summed E-state index contributed by atoms with van der Waals surface area (Å²) in [5.74, 6) is -0.397. The molecule has 0 saturated carbocycles. The highest BCUT2D eigenvalue weighted by molar-refractivity contribution is 7.98. The van der Waals surface area contributed by atoms with Crippen molar-refractivity contribution in [3.63, 3.8) is 0 Å². The maximum absolute atomic E-state index is 12.5. The van der Waals surface area contributed by atoms with Crippen molar-refractivity contribution in [3.05, 3.63) is 64.8 Å². The maximum atomic E-state index is 12.5. The fourth-order valence-corrected chi connectivity index (χ4v) is 2.84. The Labute approximate surface area is 143 Å². The van der Waals surface area contributed by atoms with E-state index in [0.717, 1.165) is 15.4 Å². The number of amides is 3. The summed E-state index contributed by atoms with van der Waals surface area (Å²) in [7, 11) is 0. The van der Waals surface area contributed by atoms with E-state index < -0.39 is 11.9 Å². The standard InChI is InChI=1S/C17H13ClN2O2S/c1-23-14-7-5-11(6-8-14)9-15-16(21)20(17(22)19-15)13-4-2-3-12(18)10-13/h2-10H,1H3,(H,19,22). The topological polar surface area (TPSA) is 49.4 Å². The number of halogens is 1. The number of nitrogens with zero attached hydrogens (tertiary/aromatic N) is 1. The average molecular weight is 345 g/mol. The number of hydrogen-bond donors (Lipinski definition) is 1. The second-order valence-corrected chi connectivity index (χ2v) is 6.20. The van der Waals surface area contributed by atoms with Gasteiger partial charge < -0.3 is 5.32 Å². The Morgan fingerprint density at radius 1 is 1.13 bits per heavy atom. The van der Waals surface area contributed by atoms with Crippen molar-refractivity contribution in [1.29, 1.82) is 0 Å². The smallest absolute Gasteiger partial charge is 0.302 e. The summed E-state index contributed by atoms with van der Waals surface area (Å²) in [6, 6.07) is 13.9. The first-order valence-electron chi connectivity index (χ1n) is 6.85. The van der Waals surface area contributed by atoms with Gasteiger partial charge in [-0.2, -0.15) is 0 Å². The van der Waals surface area contributed by atoms with Crippen LogP contribution in [0.2, 0.25) is 5.02 Å². The van der Waals surface area contributed by atoms with Gasteiger partial charge in [0.2, 0.25) is 0 Å². The zero-order valence-corrected chi connectivity index (χ0v) is 13.8. The van der Waals surface area contributed by atoms with Gasteiger partial charge in [-0.15, -0.1) is 11.8 Å². The van der Waals surface area contributed by atoms with Crippen molar-refractivity contribution in [2.75, 3.05) is 11.2 Å². The number of imide groups is 1. The molecule has 1 N–H and O–H groups in total. The van der Waals surface area contributed by atoms with Gasteiger partial charge in [0.05, 0.1) is 5.69 Å². The predicted octanol–water partition coefficient (Wildman–Crippen LogP) is 4.16. The van der Waals surface area contributed by atoms with Gasteiger partial charge in [-0.25, -0.2) is 9.69 Å². The molecule has 1 aliphatic rings. The molecular formula is C17H13ClN2O2S. The van der Waals surface area contributed by atoms with Gasteiger partial charge in [-0.05, 0) is 48.2 Å². The molecule has 1 fully saturated rings. The normalized spacial score (nSPS) is 16.1. The Balaban J connectivity index is 1.89. The van der Waals surface area contributed by atoms with Gasteiger partial charge >= 0.3 is 6.03 Å². The quantitative estimate of drug-likeness (QED) is 0.516. The summed E-state index contributed by atoms with van der Waals surface area (Å²) in [4.78, 5) is 26.8. The largest absolute Gasteiger partial charge is 0.333 e. The van der Waals surface area contributed by atoms with E-state index >= 15 is 0 Å². The third-order valence-electron chi connectivity index (χ3n) is 3.37. The van der Waals surface area contributed by atoms with Crippen LogP contribution in [0.1, 0.15) is 5.56 Å². The van der Waals surface area contributed by atoms with Crippen LogP contribution < -0.4 is 10.2 Å². The average Bonchev–Trinajstić information content (AvgIpc) is 2.82. The van der Waals surface area contributed by atoms with Gasteiger partial charge in [-0.1, -0.05) is 29.8 Å². The van der Waals surface area contributed by atoms with Gasteiger partial charge in [0, 0.05) is 9.92 Å².